The van der Waals surface area contributed by atoms with E-state index in [1.165, 1.54) is 0 Å². The average Bonchev–Trinajstić information content (AvgIpc) is 2.14. The summed E-state index contributed by atoms with van der Waals surface area (Å²) >= 11 is 0. The zero-order chi connectivity index (χ0) is 10.3. The number of fused-ring (bicyclic) bond motifs is 1. The van der Waals surface area contributed by atoms with E-state index in [0.717, 1.165) is 5.56 Å². The number of benzene rings is 1. The van der Waals surface area contributed by atoms with E-state index in [9.17, 15) is 9.18 Å². The molecule has 0 saturated carbocycles. The summed E-state index contributed by atoms with van der Waals surface area (Å²) in [5, 5.41) is 0.424. The number of anilines is 1. The number of hydrogen-bond acceptors (Lipinski definition) is 3. The van der Waals surface area contributed by atoms with Crippen LogP contribution in [0.3, 0.4) is 0 Å². The van der Waals surface area contributed by atoms with Gasteiger partial charge in [0.05, 0.1) is 5.69 Å². The molecule has 0 radical (unpaired) electrons. The van der Waals surface area contributed by atoms with Crippen LogP contribution in [-0.2, 0) is 0 Å². The first-order valence-electron chi connectivity index (χ1n) is 4.08. The maximum atomic E-state index is 13.0. The van der Waals surface area contributed by atoms with E-state index < -0.39 is 11.4 Å². The molecule has 0 spiro atoms. The lowest BCUT2D eigenvalue weighted by Gasteiger charge is -2.01. The number of halogens is 1. The second-order valence-corrected chi connectivity index (χ2v) is 3.12. The van der Waals surface area contributed by atoms with E-state index in [1.807, 2.05) is 6.92 Å². The molecule has 1 aromatic heterocycles. The van der Waals surface area contributed by atoms with Crippen molar-refractivity contribution in [3.63, 3.8) is 0 Å². The second-order valence-electron chi connectivity index (χ2n) is 3.12. The summed E-state index contributed by atoms with van der Waals surface area (Å²) in [5.74, 6) is -1.03. The van der Waals surface area contributed by atoms with Crippen LogP contribution in [0.4, 0.5) is 10.1 Å². The number of nitrogen functional groups attached to an aromatic ring is 1. The molecule has 3 nitrogen and oxygen atoms in total. The van der Waals surface area contributed by atoms with Crippen molar-refractivity contribution >= 4 is 16.7 Å². The fraction of sp³-hybridized carbons (Fsp3) is 0.100. The van der Waals surface area contributed by atoms with Crippen LogP contribution in [0, 0.1) is 12.7 Å². The standard InChI is InChI=1S/C10H8FNO2/c1-5-2-3-6-7(4-5)14-10(13)8(11)9(6)12/h2-4H,12H2,1H3. The third-order valence-electron chi connectivity index (χ3n) is 2.05. The maximum absolute atomic E-state index is 13.0. The van der Waals surface area contributed by atoms with Gasteiger partial charge in [0.2, 0.25) is 5.82 Å². The summed E-state index contributed by atoms with van der Waals surface area (Å²) in [7, 11) is 0. The van der Waals surface area contributed by atoms with Crippen LogP contribution in [0.15, 0.2) is 27.4 Å². The highest BCUT2D eigenvalue weighted by molar-refractivity contribution is 5.88. The van der Waals surface area contributed by atoms with Gasteiger partial charge in [-0.3, -0.25) is 0 Å². The predicted octanol–water partition coefficient (Wildman–Crippen LogP) is 1.82. The lowest BCUT2D eigenvalue weighted by atomic mass is 10.1. The predicted molar refractivity (Wildman–Crippen MR) is 51.6 cm³/mol. The first-order valence-corrected chi connectivity index (χ1v) is 4.08. The zero-order valence-electron chi connectivity index (χ0n) is 7.50. The van der Waals surface area contributed by atoms with E-state index in [1.54, 1.807) is 18.2 Å². The number of hydrogen-bond donors (Lipinski definition) is 1. The summed E-state index contributed by atoms with van der Waals surface area (Å²) in [6.45, 7) is 1.85. The van der Waals surface area contributed by atoms with Gasteiger partial charge in [0, 0.05) is 5.39 Å². The van der Waals surface area contributed by atoms with Crippen LogP contribution < -0.4 is 11.4 Å². The van der Waals surface area contributed by atoms with Gasteiger partial charge in [-0.05, 0) is 24.6 Å². The van der Waals surface area contributed by atoms with Gasteiger partial charge in [0.25, 0.3) is 0 Å². The molecule has 2 aromatic rings. The highest BCUT2D eigenvalue weighted by Crippen LogP contribution is 2.21. The summed E-state index contributed by atoms with van der Waals surface area (Å²) in [6, 6.07) is 5.05. The van der Waals surface area contributed by atoms with E-state index in [-0.39, 0.29) is 5.69 Å². The molecule has 0 unspecified atom stereocenters. The summed E-state index contributed by atoms with van der Waals surface area (Å²) < 4.78 is 17.8. The minimum Gasteiger partial charge on any atom is -0.420 e. The molecular weight excluding hydrogens is 185 g/mol. The largest absolute Gasteiger partial charge is 0.420 e. The first-order chi connectivity index (χ1) is 6.59. The lowest BCUT2D eigenvalue weighted by molar-refractivity contribution is 0.490. The lowest BCUT2D eigenvalue weighted by Crippen LogP contribution is -2.08. The van der Waals surface area contributed by atoms with Crippen LogP contribution >= 0.6 is 0 Å². The van der Waals surface area contributed by atoms with Crippen LogP contribution in [0.1, 0.15) is 5.56 Å². The van der Waals surface area contributed by atoms with E-state index in [0.29, 0.717) is 11.0 Å². The van der Waals surface area contributed by atoms with Crippen molar-refractivity contribution in [2.24, 2.45) is 0 Å². The fourth-order valence-corrected chi connectivity index (χ4v) is 1.31. The summed E-state index contributed by atoms with van der Waals surface area (Å²) in [6.07, 6.45) is 0. The minimum absolute atomic E-state index is 0.156. The summed E-state index contributed by atoms with van der Waals surface area (Å²) in [5.41, 5.74) is 5.49. The molecule has 72 valence electrons. The topological polar surface area (TPSA) is 56.2 Å². The molecule has 0 bridgehead atoms. The SMILES string of the molecule is Cc1ccc2c(N)c(F)c(=O)oc2c1. The van der Waals surface area contributed by atoms with Crippen molar-refractivity contribution in [2.75, 3.05) is 5.73 Å². The quantitative estimate of drug-likeness (QED) is 0.649. The Kier molecular flexibility index (Phi) is 1.77. The Hall–Kier alpha value is -1.84. The van der Waals surface area contributed by atoms with Gasteiger partial charge in [-0.15, -0.1) is 0 Å². The van der Waals surface area contributed by atoms with Crippen molar-refractivity contribution in [1.29, 1.82) is 0 Å². The molecule has 4 heteroatoms. The van der Waals surface area contributed by atoms with Crippen LogP contribution in [0.2, 0.25) is 0 Å². The smallest absolute Gasteiger partial charge is 0.374 e. The molecule has 0 aliphatic heterocycles. The van der Waals surface area contributed by atoms with Crippen molar-refractivity contribution in [3.8, 4) is 0 Å². The van der Waals surface area contributed by atoms with Crippen molar-refractivity contribution in [1.82, 2.24) is 0 Å². The van der Waals surface area contributed by atoms with E-state index >= 15 is 0 Å². The average molecular weight is 193 g/mol. The van der Waals surface area contributed by atoms with Crippen LogP contribution in [0.25, 0.3) is 11.0 Å². The van der Waals surface area contributed by atoms with Gasteiger partial charge in [-0.1, -0.05) is 6.07 Å². The fourth-order valence-electron chi connectivity index (χ4n) is 1.31. The Morgan fingerprint density at radius 1 is 1.43 bits per heavy atom. The van der Waals surface area contributed by atoms with Crippen molar-refractivity contribution < 1.29 is 8.81 Å². The molecule has 14 heavy (non-hydrogen) atoms. The van der Waals surface area contributed by atoms with Gasteiger partial charge in [0.15, 0.2) is 0 Å². The van der Waals surface area contributed by atoms with E-state index in [4.69, 9.17) is 10.2 Å². The summed E-state index contributed by atoms with van der Waals surface area (Å²) in [4.78, 5) is 10.9. The van der Waals surface area contributed by atoms with Gasteiger partial charge < -0.3 is 10.2 Å². The molecule has 0 fully saturated rings. The zero-order valence-corrected chi connectivity index (χ0v) is 7.50. The highest BCUT2D eigenvalue weighted by atomic mass is 19.1. The Balaban J connectivity index is 2.98. The minimum atomic E-state index is -1.03. The van der Waals surface area contributed by atoms with Gasteiger partial charge in [-0.25, -0.2) is 4.79 Å². The van der Waals surface area contributed by atoms with Gasteiger partial charge in [-0.2, -0.15) is 4.39 Å². The Morgan fingerprint density at radius 2 is 2.14 bits per heavy atom. The van der Waals surface area contributed by atoms with Crippen molar-refractivity contribution in [2.45, 2.75) is 6.92 Å². The maximum Gasteiger partial charge on any atom is 0.374 e. The molecule has 0 atom stereocenters. The molecule has 0 amide bonds. The Morgan fingerprint density at radius 3 is 2.86 bits per heavy atom. The number of rotatable bonds is 0. The molecule has 2 N–H and O–H groups in total. The Bertz CT molecular complexity index is 560. The third-order valence-corrected chi connectivity index (χ3v) is 2.05. The number of nitrogens with two attached hydrogens (primary N) is 1. The molecule has 1 heterocycles. The molecular formula is C10H8FNO2. The van der Waals surface area contributed by atoms with Gasteiger partial charge in [0.1, 0.15) is 5.58 Å². The molecule has 0 saturated heterocycles. The molecule has 2 rings (SSSR count). The third kappa shape index (κ3) is 1.16. The molecule has 0 aliphatic rings. The van der Waals surface area contributed by atoms with Crippen molar-refractivity contribution in [3.05, 3.63) is 40.0 Å². The first kappa shape index (κ1) is 8.74. The Labute approximate surface area is 78.9 Å². The highest BCUT2D eigenvalue weighted by Gasteiger charge is 2.10. The normalized spacial score (nSPS) is 10.7. The second kappa shape index (κ2) is 2.83. The molecule has 1 aromatic carbocycles. The van der Waals surface area contributed by atoms with Gasteiger partial charge >= 0.3 is 5.63 Å². The molecule has 0 aliphatic carbocycles. The van der Waals surface area contributed by atoms with Crippen LogP contribution in [-0.4, -0.2) is 0 Å². The monoisotopic (exact) mass is 193 g/mol. The van der Waals surface area contributed by atoms with E-state index in [2.05, 4.69) is 0 Å². The van der Waals surface area contributed by atoms with Crippen LogP contribution in [0.5, 0.6) is 0 Å². The number of aryl methyl sites for hydroxylation is 1.